The molecular weight excluding hydrogens is 1540 g/mol. The number of methoxy groups -OCH3 is 1. The molecule has 0 aromatic heterocycles. The van der Waals surface area contributed by atoms with E-state index in [1.165, 1.54) is 62.6 Å². The van der Waals surface area contributed by atoms with Crippen LogP contribution in [0.25, 0.3) is 11.1 Å². The zero-order chi connectivity index (χ0) is 82.6. The molecule has 10 heterocycles. The first-order chi connectivity index (χ1) is 55.4. The summed E-state index contributed by atoms with van der Waals surface area (Å²) in [5.74, 6) is -14.1. The van der Waals surface area contributed by atoms with Crippen LogP contribution in [0.15, 0.2) is 128 Å². The van der Waals surface area contributed by atoms with Gasteiger partial charge in [-0.1, -0.05) is 66.2 Å². The fraction of sp³-hybridized carbons (Fsp3) is 0.450. The van der Waals surface area contributed by atoms with Crippen LogP contribution in [0.2, 0.25) is 5.02 Å². The van der Waals surface area contributed by atoms with Gasteiger partial charge >= 0.3 is 5.97 Å². The van der Waals surface area contributed by atoms with E-state index in [1.807, 2.05) is 0 Å². The van der Waals surface area contributed by atoms with E-state index in [0.29, 0.717) is 11.1 Å². The van der Waals surface area contributed by atoms with Gasteiger partial charge in [0.1, 0.15) is 95.7 Å². The Balaban J connectivity index is 1.01. The lowest BCUT2D eigenvalue weighted by Crippen LogP contribution is -2.62. The summed E-state index contributed by atoms with van der Waals surface area (Å²) < 4.78 is 76.3. The van der Waals surface area contributed by atoms with Gasteiger partial charge < -0.3 is 146 Å². The third-order valence-electron chi connectivity index (χ3n) is 22.1. The Morgan fingerprint density at radius 2 is 1.27 bits per heavy atom. The molecule has 0 spiro atoms. The number of nitrogens with one attached hydrogen (secondary N) is 4. The fourth-order valence-corrected chi connectivity index (χ4v) is 16.2. The van der Waals surface area contributed by atoms with Crippen molar-refractivity contribution >= 4 is 46.9 Å². The van der Waals surface area contributed by atoms with Gasteiger partial charge in [-0.25, -0.2) is 4.79 Å². The standard InChI is InChI=1S/C80H89ClN6O29/c1-31-64(94)46(82)27-57(106-31)115-74-68(98)66(96)56(30-89)113-80(74)116-73-53-22-38-23-54(73)110-51-17-13-37(20-45(51)81)72(114-58-28-47(83)70(105-4)32(2)107-58)63-77(102)86-61(78(103)104)44-24-40(90)25-52(111-79-69(99)67(97)65(95)55(29-88)112-79)59(44)43-19-36(12-16-48(43)91)42(76(101)87-63)26-50(93)60(38)85-75(100)39(18-34-8-6-5-7-9-34)21-49(92)62-71(108-33(3)84-62)35-10-14-41(109-53)15-11-35/h5-17,19-20,22-25,31-32,39,42,46-47,55-58,60-72,74,79-80,84,88-91,94-99H,3,18,21,26-30,82-83H2,1-2,4H3,(H,85,100)(H,86,102)(H,87,101)(H,103,104). The van der Waals surface area contributed by atoms with Crippen molar-refractivity contribution in [2.24, 2.45) is 17.4 Å². The minimum atomic E-state index is -2.36. The van der Waals surface area contributed by atoms with E-state index in [-0.39, 0.29) is 58.4 Å². The third-order valence-corrected chi connectivity index (χ3v) is 22.4. The van der Waals surface area contributed by atoms with Gasteiger partial charge in [0.25, 0.3) is 0 Å². The molecule has 36 heteroatoms. The second-order valence-electron chi connectivity index (χ2n) is 29.9. The number of carboxylic acids is 1. The van der Waals surface area contributed by atoms with Crippen molar-refractivity contribution in [3.8, 4) is 57.1 Å². The van der Waals surface area contributed by atoms with Crippen LogP contribution in [0, 0.1) is 5.92 Å². The number of benzene rings is 6. The lowest BCUT2D eigenvalue weighted by Gasteiger charge is -2.44. The summed E-state index contributed by atoms with van der Waals surface area (Å²) in [7, 11) is 1.41. The van der Waals surface area contributed by atoms with E-state index in [2.05, 4.69) is 27.8 Å². The lowest BCUT2D eigenvalue weighted by atomic mass is 9.84. The Labute approximate surface area is 666 Å². The Morgan fingerprint density at radius 3 is 1.95 bits per heavy atom. The number of aliphatic carboxylic acids is 1. The van der Waals surface area contributed by atoms with Crippen LogP contribution < -0.4 is 51.7 Å². The van der Waals surface area contributed by atoms with E-state index in [0.717, 1.165) is 24.3 Å². The van der Waals surface area contributed by atoms with E-state index in [9.17, 15) is 61.0 Å². The van der Waals surface area contributed by atoms with Crippen molar-refractivity contribution in [3.05, 3.63) is 166 Å². The zero-order valence-corrected chi connectivity index (χ0v) is 63.2. The number of aromatic hydroxyl groups is 2. The normalized spacial score (nSPS) is 34.1. The second kappa shape index (κ2) is 34.5. The molecule has 16 rings (SSSR count). The number of halogens is 1. The molecule has 116 heavy (non-hydrogen) atoms. The number of ketones is 2. The second-order valence-corrected chi connectivity index (χ2v) is 30.3. The Kier molecular flexibility index (Phi) is 24.6. The van der Waals surface area contributed by atoms with Crippen molar-refractivity contribution in [3.63, 3.8) is 0 Å². The summed E-state index contributed by atoms with van der Waals surface area (Å²) in [6.45, 7) is 5.24. The maximum atomic E-state index is 16.8. The molecule has 5 saturated heterocycles. The molecule has 3 amide bonds. The predicted octanol–water partition coefficient (Wildman–Crippen LogP) is 1.73. The first-order valence-electron chi connectivity index (χ1n) is 37.5. The zero-order valence-electron chi connectivity index (χ0n) is 62.4. The van der Waals surface area contributed by atoms with Gasteiger partial charge in [-0.2, -0.15) is 0 Å². The molecule has 5 fully saturated rings. The first kappa shape index (κ1) is 82.8. The maximum absolute atomic E-state index is 16.8. The van der Waals surface area contributed by atoms with Gasteiger partial charge in [-0.05, 0) is 109 Å². The Hall–Kier alpha value is -9.71. The lowest BCUT2D eigenvalue weighted by molar-refractivity contribution is -0.330. The average Bonchev–Trinajstić information content (AvgIpc) is 0.782. The molecule has 26 atom stereocenters. The van der Waals surface area contributed by atoms with Gasteiger partial charge in [-0.15, -0.1) is 0 Å². The highest BCUT2D eigenvalue weighted by Crippen LogP contribution is 2.51. The van der Waals surface area contributed by atoms with Crippen LogP contribution >= 0.6 is 11.6 Å². The molecule has 0 saturated carbocycles. The number of carbonyl (C=O) groups is 6. The van der Waals surface area contributed by atoms with Crippen LogP contribution in [-0.4, -0.2) is 234 Å². The third kappa shape index (κ3) is 16.9. The number of aliphatic hydroxyl groups is 8. The number of phenolic OH excluding ortho intramolecular Hbond substituents is 2. The number of nitrogens with two attached hydrogens (primary N) is 2. The maximum Gasteiger partial charge on any atom is 0.330 e. The van der Waals surface area contributed by atoms with E-state index in [4.69, 9.17) is 79.9 Å². The van der Waals surface area contributed by atoms with Crippen LogP contribution in [0.1, 0.15) is 103 Å². The number of ether oxygens (including phenoxy) is 12. The summed E-state index contributed by atoms with van der Waals surface area (Å²) in [6.07, 6.45) is -30.4. The highest BCUT2D eigenvalue weighted by atomic mass is 35.5. The van der Waals surface area contributed by atoms with E-state index >= 15 is 24.0 Å². The monoisotopic (exact) mass is 1630 g/mol. The number of aliphatic hydroxyl groups excluding tert-OH is 8. The van der Waals surface area contributed by atoms with Crippen LogP contribution in [0.4, 0.5) is 0 Å². The average molecular weight is 1630 g/mol. The summed E-state index contributed by atoms with van der Waals surface area (Å²) in [6, 6.07) is 16.8. The number of hydrogen-bond acceptors (Lipinski definition) is 31. The number of Topliss-reactive ketones (excluding diaryl/α,β-unsaturated/α-hetero) is 2. The predicted molar refractivity (Wildman–Crippen MR) is 399 cm³/mol. The molecule has 10 aliphatic heterocycles. The number of carboxylic acid groups (broad SMARTS) is 1. The molecule has 620 valence electrons. The minimum Gasteiger partial charge on any atom is -0.508 e. The number of carbonyl (C=O) groups excluding carboxylic acids is 5. The van der Waals surface area contributed by atoms with Crippen molar-refractivity contribution < 1.29 is 142 Å². The summed E-state index contributed by atoms with van der Waals surface area (Å²) in [5.41, 5.74) is 12.0. The smallest absolute Gasteiger partial charge is 0.330 e. The first-order valence-corrected chi connectivity index (χ1v) is 37.9. The van der Waals surface area contributed by atoms with Gasteiger partial charge in [0.05, 0.1) is 48.6 Å². The number of hydrogen-bond donors (Lipinski definition) is 17. The van der Waals surface area contributed by atoms with E-state index < -0.39 is 271 Å². The molecular formula is C80H89ClN6O29. The summed E-state index contributed by atoms with van der Waals surface area (Å²) in [4.78, 5) is 94.7. The molecule has 0 radical (unpaired) electrons. The minimum absolute atomic E-state index is 0.0000778. The molecule has 26 unspecified atom stereocenters. The molecule has 0 aliphatic carbocycles. The summed E-state index contributed by atoms with van der Waals surface area (Å²) >= 11 is 7.46. The van der Waals surface area contributed by atoms with E-state index in [1.54, 1.807) is 49.4 Å². The summed E-state index contributed by atoms with van der Waals surface area (Å²) in [5, 5.41) is 135. The number of fused-ring (bicyclic) bond motifs is 13. The van der Waals surface area contributed by atoms with Crippen molar-refractivity contribution in [2.45, 2.75) is 199 Å². The van der Waals surface area contributed by atoms with Crippen molar-refractivity contribution in [1.82, 2.24) is 21.3 Å². The van der Waals surface area contributed by atoms with Crippen molar-refractivity contribution in [2.75, 3.05) is 20.3 Å². The largest absolute Gasteiger partial charge is 0.508 e. The topological polar surface area (TPSA) is 536 Å². The van der Waals surface area contributed by atoms with Gasteiger partial charge in [0, 0.05) is 73.6 Å². The highest BCUT2D eigenvalue weighted by molar-refractivity contribution is 6.32. The number of phenols is 2. The van der Waals surface area contributed by atoms with Crippen LogP contribution in [0.5, 0.6) is 46.0 Å². The molecule has 11 bridgehead atoms. The van der Waals surface area contributed by atoms with Gasteiger partial charge in [-0.3, -0.25) is 24.0 Å². The SMILES string of the molecule is C=C1NC2C(=O)CC(Cc3ccccc3)C(=O)NC3C(=O)CC4C(=O)NC(C(=O)NC(C(=O)O)c5cc(O)cc(OC6OC(CO)C(O)C(O)C6O)c5-c5cc4ccc5O)C(OC4CC(N)C(OC)C(C)O4)c4ccc(c(Cl)c4)Oc4cc3cc(c4OC3OC(CO)C(O)C(O)C3OC3CC(N)C(O)C(C)O3)Oc3ccc(cc3)C2O1. The Morgan fingerprint density at radius 1 is 0.603 bits per heavy atom. The van der Waals surface area contributed by atoms with Gasteiger partial charge in [0.15, 0.2) is 59.8 Å². The van der Waals surface area contributed by atoms with Crippen molar-refractivity contribution in [1.29, 1.82) is 0 Å². The van der Waals surface area contributed by atoms with Crippen LogP contribution in [0.3, 0.4) is 0 Å². The van der Waals surface area contributed by atoms with Gasteiger partial charge in [0.2, 0.25) is 36.1 Å². The molecule has 6 aromatic carbocycles. The number of amides is 3. The van der Waals surface area contributed by atoms with Crippen LogP contribution in [-0.2, 0) is 73.1 Å². The molecule has 35 nitrogen and oxygen atoms in total. The number of rotatable bonds is 14. The molecule has 19 N–H and O–H groups in total. The molecule has 10 aliphatic rings. The molecule has 6 aromatic rings. The quantitative estimate of drug-likeness (QED) is 0.0738. The Bertz CT molecular complexity index is 4660. The highest BCUT2D eigenvalue weighted by Gasteiger charge is 2.52. The fourth-order valence-electron chi connectivity index (χ4n) is 15.9.